The first kappa shape index (κ1) is 28.1. The van der Waals surface area contributed by atoms with E-state index in [1.165, 1.54) is 17.8 Å². The van der Waals surface area contributed by atoms with Crippen molar-refractivity contribution in [2.24, 2.45) is 0 Å². The van der Waals surface area contributed by atoms with Gasteiger partial charge in [0, 0.05) is 6.54 Å². The number of anilines is 1. The van der Waals surface area contributed by atoms with Gasteiger partial charge in [0.25, 0.3) is 0 Å². The standard InChI is InChI=1S/C17H12Cl2F6N4O3S2/c1-33-4-2-3-28(15(30)31)14-13(34(32)17(23,24)25)11(7-26)27-29(14)12-9(18)5-8(6-10(12)19)16(20,21)22/h5-6H,2-4H2,1H3,(H,30,31). The van der Waals surface area contributed by atoms with Gasteiger partial charge in [0.1, 0.15) is 16.7 Å². The summed E-state index contributed by atoms with van der Waals surface area (Å²) in [6.07, 6.45) is -4.88. The fraction of sp³-hybridized carbons (Fsp3) is 0.353. The third-order valence-electron chi connectivity index (χ3n) is 4.09. The third-order valence-corrected chi connectivity index (χ3v) is 6.53. The van der Waals surface area contributed by atoms with Gasteiger partial charge in [-0.15, -0.1) is 0 Å². The zero-order chi connectivity index (χ0) is 26.0. The Labute approximate surface area is 204 Å². The van der Waals surface area contributed by atoms with Gasteiger partial charge in [0.2, 0.25) is 0 Å². The molecule has 0 spiro atoms. The van der Waals surface area contributed by atoms with Gasteiger partial charge in [0.05, 0.1) is 15.6 Å². The van der Waals surface area contributed by atoms with E-state index in [0.29, 0.717) is 27.5 Å². The maximum absolute atomic E-state index is 13.4. The Bertz CT molecular complexity index is 1140. The highest BCUT2D eigenvalue weighted by atomic mass is 35.5. The van der Waals surface area contributed by atoms with E-state index in [0.717, 1.165) is 0 Å². The summed E-state index contributed by atoms with van der Waals surface area (Å²) in [4.78, 5) is 11.0. The van der Waals surface area contributed by atoms with Crippen LogP contribution in [-0.2, 0) is 17.0 Å². The number of hydrogen-bond acceptors (Lipinski definition) is 5. The van der Waals surface area contributed by atoms with Crippen LogP contribution in [0.15, 0.2) is 17.0 Å². The molecule has 0 fully saturated rings. The fourth-order valence-electron chi connectivity index (χ4n) is 2.74. The Hall–Kier alpha value is -2.15. The van der Waals surface area contributed by atoms with Crippen molar-refractivity contribution < 1.29 is 40.5 Å². The van der Waals surface area contributed by atoms with E-state index in [9.17, 15) is 45.7 Å². The molecule has 17 heteroatoms. The molecule has 0 aliphatic heterocycles. The second-order valence-electron chi connectivity index (χ2n) is 6.31. The second kappa shape index (κ2) is 10.6. The summed E-state index contributed by atoms with van der Waals surface area (Å²) in [6.45, 7) is -0.426. The summed E-state index contributed by atoms with van der Waals surface area (Å²) in [6, 6.07) is 2.10. The Kier molecular flexibility index (Phi) is 8.78. The fourth-order valence-corrected chi connectivity index (χ4v) is 4.66. The molecule has 0 bridgehead atoms. The molecular weight excluding hydrogens is 557 g/mol. The van der Waals surface area contributed by atoms with Crippen molar-refractivity contribution in [2.75, 3.05) is 23.5 Å². The number of aromatic nitrogens is 2. The van der Waals surface area contributed by atoms with Gasteiger partial charge in [-0.1, -0.05) is 23.2 Å². The highest BCUT2D eigenvalue weighted by Gasteiger charge is 2.45. The molecule has 1 unspecified atom stereocenters. The molecule has 2 aromatic rings. The molecule has 0 saturated carbocycles. The molecule has 2 rings (SSSR count). The number of hydrogen-bond donors (Lipinski definition) is 1. The van der Waals surface area contributed by atoms with Crippen LogP contribution in [0, 0.1) is 11.3 Å². The number of carbonyl (C=O) groups is 1. The summed E-state index contributed by atoms with van der Waals surface area (Å²) >= 11 is 13.2. The van der Waals surface area contributed by atoms with Crippen molar-refractivity contribution in [1.29, 1.82) is 5.26 Å². The Balaban J connectivity index is 2.95. The normalized spacial score (nSPS) is 12.9. The minimum Gasteiger partial charge on any atom is -0.465 e. The molecule has 1 N–H and O–H groups in total. The Morgan fingerprint density at radius 2 is 1.82 bits per heavy atom. The van der Waals surface area contributed by atoms with Crippen molar-refractivity contribution in [3.8, 4) is 11.8 Å². The number of amides is 1. The van der Waals surface area contributed by atoms with Crippen molar-refractivity contribution >= 4 is 57.7 Å². The van der Waals surface area contributed by atoms with Crippen LogP contribution in [0.3, 0.4) is 0 Å². The van der Waals surface area contributed by atoms with Gasteiger partial charge in [-0.3, -0.25) is 4.90 Å². The van der Waals surface area contributed by atoms with Crippen LogP contribution in [0.25, 0.3) is 5.69 Å². The number of thioether (sulfide) groups is 1. The van der Waals surface area contributed by atoms with Crippen LogP contribution < -0.4 is 4.90 Å². The Morgan fingerprint density at radius 3 is 2.24 bits per heavy atom. The lowest BCUT2D eigenvalue weighted by atomic mass is 10.2. The number of carboxylic acid groups (broad SMARTS) is 1. The molecular formula is C17H12Cl2F6N4O3S2. The van der Waals surface area contributed by atoms with E-state index in [4.69, 9.17) is 23.2 Å². The number of halogens is 8. The lowest BCUT2D eigenvalue weighted by molar-refractivity contribution is -0.137. The number of rotatable bonds is 7. The number of nitrogens with zero attached hydrogens (tertiary/aromatic N) is 4. The molecule has 1 amide bonds. The largest absolute Gasteiger partial charge is 0.476 e. The summed E-state index contributed by atoms with van der Waals surface area (Å²) in [7, 11) is -3.93. The van der Waals surface area contributed by atoms with Crippen LogP contribution in [0.5, 0.6) is 0 Å². The van der Waals surface area contributed by atoms with E-state index in [-0.39, 0.29) is 6.42 Å². The number of benzene rings is 1. The maximum Gasteiger partial charge on any atom is 0.476 e. The highest BCUT2D eigenvalue weighted by Crippen LogP contribution is 2.42. The predicted molar refractivity (Wildman–Crippen MR) is 114 cm³/mol. The molecule has 186 valence electrons. The SMILES string of the molecule is CSCCCN(C(=O)O)c1c(S(=O)C(F)(F)F)c(C#N)nn1-c1c(Cl)cc(C(F)(F)F)cc1Cl. The van der Waals surface area contributed by atoms with E-state index in [1.54, 1.807) is 6.26 Å². The molecule has 0 saturated heterocycles. The van der Waals surface area contributed by atoms with Crippen molar-refractivity contribution in [2.45, 2.75) is 23.0 Å². The molecule has 1 atom stereocenters. The summed E-state index contributed by atoms with van der Waals surface area (Å²) in [5.41, 5.74) is -8.43. The molecule has 1 aromatic heterocycles. The van der Waals surface area contributed by atoms with E-state index < -0.39 is 72.8 Å². The van der Waals surface area contributed by atoms with E-state index in [2.05, 4.69) is 5.10 Å². The van der Waals surface area contributed by atoms with Gasteiger partial charge >= 0.3 is 17.8 Å². The zero-order valence-electron chi connectivity index (χ0n) is 16.7. The van der Waals surface area contributed by atoms with Gasteiger partial charge in [-0.25, -0.2) is 13.7 Å². The van der Waals surface area contributed by atoms with Crippen LogP contribution in [0.1, 0.15) is 17.7 Å². The minimum absolute atomic E-state index is 0.118. The van der Waals surface area contributed by atoms with Crippen molar-refractivity contribution in [1.82, 2.24) is 9.78 Å². The van der Waals surface area contributed by atoms with Crippen LogP contribution in [-0.4, -0.2) is 49.3 Å². The molecule has 0 aliphatic rings. The molecule has 1 heterocycles. The number of alkyl halides is 6. The highest BCUT2D eigenvalue weighted by molar-refractivity contribution is 7.98. The molecule has 0 radical (unpaired) electrons. The van der Waals surface area contributed by atoms with Crippen molar-refractivity contribution in [3.05, 3.63) is 33.4 Å². The van der Waals surface area contributed by atoms with Crippen LogP contribution in [0.2, 0.25) is 10.0 Å². The molecule has 0 aliphatic carbocycles. The second-order valence-corrected chi connectivity index (χ2v) is 9.51. The minimum atomic E-state index is -5.43. The maximum atomic E-state index is 13.4. The Morgan fingerprint density at radius 1 is 1.26 bits per heavy atom. The zero-order valence-corrected chi connectivity index (χ0v) is 19.8. The quantitative estimate of drug-likeness (QED) is 0.328. The first-order chi connectivity index (χ1) is 15.6. The van der Waals surface area contributed by atoms with E-state index >= 15 is 0 Å². The predicted octanol–water partition coefficient (Wildman–Crippen LogP) is 5.93. The molecule has 1 aromatic carbocycles. The first-order valence-electron chi connectivity index (χ1n) is 8.72. The van der Waals surface area contributed by atoms with Crippen LogP contribution >= 0.6 is 35.0 Å². The summed E-state index contributed by atoms with van der Waals surface area (Å²) in [5, 5.41) is 21.1. The van der Waals surface area contributed by atoms with E-state index in [1.807, 2.05) is 0 Å². The summed E-state index contributed by atoms with van der Waals surface area (Å²) in [5.74, 6) is -0.605. The van der Waals surface area contributed by atoms with Gasteiger partial charge < -0.3 is 5.11 Å². The van der Waals surface area contributed by atoms with Gasteiger partial charge in [-0.05, 0) is 30.6 Å². The average molecular weight is 569 g/mol. The monoisotopic (exact) mass is 568 g/mol. The molecule has 7 nitrogen and oxygen atoms in total. The lowest BCUT2D eigenvalue weighted by Crippen LogP contribution is -2.34. The smallest absolute Gasteiger partial charge is 0.465 e. The van der Waals surface area contributed by atoms with Gasteiger partial charge in [-0.2, -0.15) is 48.5 Å². The first-order valence-corrected chi connectivity index (χ1v) is 12.0. The summed E-state index contributed by atoms with van der Waals surface area (Å²) < 4.78 is 92.0. The number of nitriles is 1. The lowest BCUT2D eigenvalue weighted by Gasteiger charge is -2.23. The van der Waals surface area contributed by atoms with Crippen LogP contribution in [0.4, 0.5) is 37.0 Å². The topological polar surface area (TPSA) is 99.2 Å². The van der Waals surface area contributed by atoms with Gasteiger partial charge in [0.15, 0.2) is 22.3 Å². The average Bonchev–Trinajstić information content (AvgIpc) is 3.07. The third kappa shape index (κ3) is 5.91. The molecule has 34 heavy (non-hydrogen) atoms. The van der Waals surface area contributed by atoms with Crippen molar-refractivity contribution in [3.63, 3.8) is 0 Å².